The molecule has 2 N–H and O–H groups in total. The Labute approximate surface area is 211 Å². The molecule has 10 heteroatoms. The summed E-state index contributed by atoms with van der Waals surface area (Å²) in [5.41, 5.74) is 2.57. The van der Waals surface area contributed by atoms with Crippen molar-refractivity contribution in [2.75, 3.05) is 13.3 Å². The fourth-order valence-electron chi connectivity index (χ4n) is 3.27. The topological polar surface area (TPSA) is 128 Å². The predicted molar refractivity (Wildman–Crippen MR) is 137 cm³/mol. The maximum atomic E-state index is 9.33. The molecule has 0 unspecified atom stereocenters. The van der Waals surface area contributed by atoms with Gasteiger partial charge >= 0.3 is 7.60 Å². The van der Waals surface area contributed by atoms with Crippen LogP contribution in [-0.2, 0) is 22.7 Å². The fourth-order valence-corrected chi connectivity index (χ4v) is 3.27. The molecule has 0 aliphatic carbocycles. The number of hydrogen-bond acceptors (Lipinski definition) is 4. The van der Waals surface area contributed by atoms with Crippen molar-refractivity contribution in [3.8, 4) is 11.1 Å². The van der Waals surface area contributed by atoms with Gasteiger partial charge in [-0.15, -0.1) is 0 Å². The molecule has 0 bridgehead atoms. The minimum absolute atomic E-state index is 0.632. The molecule has 0 aliphatic heterocycles. The maximum Gasteiger partial charge on any atom is 0.322 e. The van der Waals surface area contributed by atoms with Crippen molar-refractivity contribution < 1.29 is 37.8 Å². The molecule has 2 aromatic heterocycles. The van der Waals surface area contributed by atoms with Gasteiger partial charge in [-0.3, -0.25) is 4.57 Å². The molecule has 2 aromatic rings. The molecule has 0 aliphatic rings. The van der Waals surface area contributed by atoms with E-state index in [2.05, 4.69) is 72.2 Å². The van der Waals surface area contributed by atoms with Gasteiger partial charge in [0.15, 0.2) is 24.8 Å². The first-order valence-electron chi connectivity index (χ1n) is 12.3. The third-order valence-electron chi connectivity index (χ3n) is 4.97. The molecule has 35 heavy (non-hydrogen) atoms. The van der Waals surface area contributed by atoms with Crippen LogP contribution in [0, 0.1) is 0 Å². The highest BCUT2D eigenvalue weighted by molar-refractivity contribution is 7.50. The van der Waals surface area contributed by atoms with E-state index in [1.54, 1.807) is 0 Å². The Balaban J connectivity index is 0.000000975. The summed E-state index contributed by atoms with van der Waals surface area (Å²) in [5, 5.41) is 0. The van der Waals surface area contributed by atoms with E-state index in [1.165, 1.54) is 75.3 Å². The van der Waals surface area contributed by atoms with Crippen molar-refractivity contribution in [3.05, 3.63) is 49.1 Å². The smallest absolute Gasteiger partial charge is 0.322 e. The van der Waals surface area contributed by atoms with E-state index in [0.29, 0.717) is 6.66 Å². The molecule has 0 amide bonds. The lowest BCUT2D eigenvalue weighted by molar-refractivity contribution is -0.697. The van der Waals surface area contributed by atoms with Crippen molar-refractivity contribution in [3.63, 3.8) is 0 Å². The molecule has 200 valence electrons. The number of pyridine rings is 2. The van der Waals surface area contributed by atoms with E-state index < -0.39 is 15.2 Å². The van der Waals surface area contributed by atoms with Crippen LogP contribution in [0.3, 0.4) is 0 Å². The predicted octanol–water partition coefficient (Wildman–Crippen LogP) is 3.71. The van der Waals surface area contributed by atoms with E-state index >= 15 is 0 Å². The zero-order chi connectivity index (χ0) is 26.7. The summed E-state index contributed by atoms with van der Waals surface area (Å²) in [7, 11) is -5.73. The third-order valence-corrected chi connectivity index (χ3v) is 4.97. The molecule has 0 radical (unpaired) electrons. The number of aryl methyl sites for hydroxylation is 2. The molecule has 0 aromatic carbocycles. The van der Waals surface area contributed by atoms with E-state index in [1.807, 2.05) is 0 Å². The Bertz CT molecular complexity index is 843. The van der Waals surface area contributed by atoms with Crippen molar-refractivity contribution in [2.24, 2.45) is 7.05 Å². The second kappa shape index (κ2) is 18.8. The number of rotatable bonds is 12. The second-order valence-corrected chi connectivity index (χ2v) is 12.1. The summed E-state index contributed by atoms with van der Waals surface area (Å²) < 4.78 is 22.8. The van der Waals surface area contributed by atoms with Gasteiger partial charge in [-0.25, -0.2) is 9.13 Å². The van der Waals surface area contributed by atoms with Crippen LogP contribution in [0.2, 0.25) is 0 Å². The minimum Gasteiger partial charge on any atom is -0.811 e. The summed E-state index contributed by atoms with van der Waals surface area (Å²) >= 11 is 0. The van der Waals surface area contributed by atoms with Crippen molar-refractivity contribution >= 4 is 15.2 Å². The molecule has 0 atom stereocenters. The van der Waals surface area contributed by atoms with Gasteiger partial charge in [0.2, 0.25) is 0 Å². The minimum atomic E-state index is -4.14. The van der Waals surface area contributed by atoms with Crippen LogP contribution in [-0.4, -0.2) is 23.1 Å². The van der Waals surface area contributed by atoms with Crippen LogP contribution in [0.5, 0.6) is 0 Å². The van der Waals surface area contributed by atoms with E-state index in [-0.39, 0.29) is 0 Å². The Morgan fingerprint density at radius 3 is 1.40 bits per heavy atom. The van der Waals surface area contributed by atoms with Gasteiger partial charge in [0, 0.05) is 37.4 Å². The van der Waals surface area contributed by atoms with E-state index in [4.69, 9.17) is 24.1 Å². The first-order chi connectivity index (χ1) is 16.3. The highest BCUT2D eigenvalue weighted by atomic mass is 31.2. The van der Waals surface area contributed by atoms with E-state index in [0.717, 1.165) is 13.2 Å². The lowest BCUT2D eigenvalue weighted by Gasteiger charge is -2.22. The molecular weight excluding hydrogens is 486 g/mol. The van der Waals surface area contributed by atoms with Crippen molar-refractivity contribution in [2.45, 2.75) is 77.7 Å². The molecule has 0 saturated heterocycles. The molecule has 2 heterocycles. The van der Waals surface area contributed by atoms with Gasteiger partial charge in [-0.1, -0.05) is 65.9 Å². The summed E-state index contributed by atoms with van der Waals surface area (Å²) in [6.07, 6.45) is 22.6. The lowest BCUT2D eigenvalue weighted by Crippen LogP contribution is -2.32. The van der Waals surface area contributed by atoms with Gasteiger partial charge in [0.05, 0.1) is 0 Å². The van der Waals surface area contributed by atoms with Crippen LogP contribution in [0.15, 0.2) is 49.1 Å². The third kappa shape index (κ3) is 25.5. The summed E-state index contributed by atoms with van der Waals surface area (Å²) in [5.74, 6) is 0. The first kappa shape index (κ1) is 33.6. The summed E-state index contributed by atoms with van der Waals surface area (Å²) in [6, 6.07) is 8.79. The molecule has 2 rings (SSSR count). The zero-order valence-electron chi connectivity index (χ0n) is 21.7. The Morgan fingerprint density at radius 2 is 1.03 bits per heavy atom. The van der Waals surface area contributed by atoms with Crippen LogP contribution in [0.25, 0.3) is 11.1 Å². The normalized spacial score (nSPS) is 11.2. The van der Waals surface area contributed by atoms with Crippen LogP contribution >= 0.6 is 15.2 Å². The van der Waals surface area contributed by atoms with Crippen LogP contribution < -0.4 is 18.9 Å². The molecular formula is C25H44N2O6P2. The molecule has 0 saturated carbocycles. The van der Waals surface area contributed by atoms with Gasteiger partial charge in [0.25, 0.3) is 0 Å². The monoisotopic (exact) mass is 530 g/mol. The SMILES string of the molecule is CCCCCCCCCCCC[n+]1ccc(-c2cc[n+](C)cc2)cc1.CP(=O)(O)O.CP(=O)([O-])[O-]. The van der Waals surface area contributed by atoms with E-state index in [9.17, 15) is 4.57 Å². The Kier molecular flexibility index (Phi) is 18.1. The number of nitrogens with zero attached hydrogens (tertiary/aromatic N) is 2. The van der Waals surface area contributed by atoms with Gasteiger partial charge in [-0.05, 0) is 24.2 Å². The number of hydrogen-bond donors (Lipinski definition) is 2. The Hall–Kier alpha value is -1.40. The van der Waals surface area contributed by atoms with Gasteiger partial charge in [0.1, 0.15) is 13.6 Å². The number of aromatic nitrogens is 2. The molecule has 0 spiro atoms. The number of unbranched alkanes of at least 4 members (excludes halogenated alkanes) is 9. The first-order valence-corrected chi connectivity index (χ1v) is 16.3. The van der Waals surface area contributed by atoms with Crippen LogP contribution in [0.4, 0.5) is 0 Å². The van der Waals surface area contributed by atoms with Gasteiger partial charge in [-0.2, -0.15) is 0 Å². The van der Waals surface area contributed by atoms with Crippen LogP contribution in [0.1, 0.15) is 71.1 Å². The lowest BCUT2D eigenvalue weighted by atomic mass is 10.1. The Morgan fingerprint density at radius 1 is 0.714 bits per heavy atom. The fraction of sp³-hybridized carbons (Fsp3) is 0.600. The average molecular weight is 531 g/mol. The highest BCUT2D eigenvalue weighted by Gasteiger charge is 2.04. The van der Waals surface area contributed by atoms with Crippen molar-refractivity contribution in [1.82, 2.24) is 0 Å². The molecule has 0 fully saturated rings. The van der Waals surface area contributed by atoms with Crippen molar-refractivity contribution in [1.29, 1.82) is 0 Å². The second-order valence-electron chi connectivity index (χ2n) is 8.87. The maximum absolute atomic E-state index is 9.33. The highest BCUT2D eigenvalue weighted by Crippen LogP contribution is 2.26. The zero-order valence-corrected chi connectivity index (χ0v) is 23.5. The quantitative estimate of drug-likeness (QED) is 0.245. The molecule has 8 nitrogen and oxygen atoms in total. The average Bonchev–Trinajstić information content (AvgIpc) is 2.74. The summed E-state index contributed by atoms with van der Waals surface area (Å²) in [4.78, 5) is 33.5. The largest absolute Gasteiger partial charge is 0.811 e. The standard InChI is InChI=1S/C23H36N2.2CH5O3P/c1-3-4-5-6-7-8-9-10-11-12-17-25-20-15-23(16-21-25)22-13-18-24(2)19-14-22;2*1-5(2,3)4/h13-16,18-21H,3-12,17H2,1-2H3;2*1H3,(H2,2,3,4)/q+2;;/p-2. The van der Waals surface area contributed by atoms with Gasteiger partial charge < -0.3 is 24.1 Å². The summed E-state index contributed by atoms with van der Waals surface area (Å²) in [6.45, 7) is 4.91.